The maximum Gasteiger partial charge on any atom is 0.433 e. The van der Waals surface area contributed by atoms with Gasteiger partial charge in [0.25, 0.3) is 11.8 Å². The van der Waals surface area contributed by atoms with Gasteiger partial charge in [0.2, 0.25) is 0 Å². The first kappa shape index (κ1) is 23.4. The summed E-state index contributed by atoms with van der Waals surface area (Å²) >= 11 is 0. The summed E-state index contributed by atoms with van der Waals surface area (Å²) in [5.41, 5.74) is 0.195. The highest BCUT2D eigenvalue weighted by Gasteiger charge is 2.32. The number of pyridine rings is 2. The van der Waals surface area contributed by atoms with Crippen molar-refractivity contribution in [2.24, 2.45) is 0 Å². The molecule has 178 valence electrons. The van der Waals surface area contributed by atoms with E-state index in [-0.39, 0.29) is 17.1 Å². The number of carbonyl (C=O) groups is 2. The molecule has 0 saturated carbocycles. The number of aromatic nitrogens is 4. The molecule has 4 heterocycles. The number of carbonyl (C=O) groups excluding carboxylic acids is 2. The molecular formula is C22H22F3N7O2. The van der Waals surface area contributed by atoms with Gasteiger partial charge in [-0.2, -0.15) is 18.3 Å². The van der Waals surface area contributed by atoms with E-state index < -0.39 is 23.7 Å². The van der Waals surface area contributed by atoms with Gasteiger partial charge in [0, 0.05) is 25.1 Å². The van der Waals surface area contributed by atoms with Crippen LogP contribution in [0.25, 0.3) is 0 Å². The van der Waals surface area contributed by atoms with Gasteiger partial charge in [-0.15, -0.1) is 0 Å². The lowest BCUT2D eigenvalue weighted by Gasteiger charge is -2.26. The fraction of sp³-hybridized carbons (Fsp3) is 0.318. The Kier molecular flexibility index (Phi) is 6.87. The van der Waals surface area contributed by atoms with Crippen molar-refractivity contribution < 1.29 is 22.8 Å². The van der Waals surface area contributed by atoms with Gasteiger partial charge in [0.1, 0.15) is 5.69 Å². The zero-order chi connectivity index (χ0) is 24.1. The molecule has 12 heteroatoms. The van der Waals surface area contributed by atoms with E-state index in [2.05, 4.69) is 35.7 Å². The van der Waals surface area contributed by atoms with Crippen molar-refractivity contribution in [2.75, 3.05) is 23.7 Å². The van der Waals surface area contributed by atoms with E-state index in [1.54, 1.807) is 12.3 Å². The van der Waals surface area contributed by atoms with E-state index in [4.69, 9.17) is 0 Å². The molecule has 1 fully saturated rings. The number of anilines is 2. The molecule has 0 unspecified atom stereocenters. The highest BCUT2D eigenvalue weighted by atomic mass is 19.4. The van der Waals surface area contributed by atoms with Gasteiger partial charge < -0.3 is 10.6 Å². The largest absolute Gasteiger partial charge is 0.433 e. The van der Waals surface area contributed by atoms with Crippen molar-refractivity contribution >= 4 is 23.2 Å². The van der Waals surface area contributed by atoms with Gasteiger partial charge in [0.15, 0.2) is 5.69 Å². The van der Waals surface area contributed by atoms with Gasteiger partial charge in [-0.05, 0) is 49.7 Å². The lowest BCUT2D eigenvalue weighted by molar-refractivity contribution is -0.141. The molecule has 0 radical (unpaired) electrons. The van der Waals surface area contributed by atoms with Crippen molar-refractivity contribution in [3.05, 3.63) is 65.5 Å². The minimum atomic E-state index is -4.58. The summed E-state index contributed by atoms with van der Waals surface area (Å²) in [6.07, 6.45) is 4.34. The number of H-pyrrole nitrogens is 1. The monoisotopic (exact) mass is 473 g/mol. The maximum atomic E-state index is 12.8. The Hall–Kier alpha value is -3.80. The van der Waals surface area contributed by atoms with Crippen LogP contribution in [0.4, 0.5) is 24.5 Å². The first-order valence-corrected chi connectivity index (χ1v) is 10.7. The number of hydrogen-bond donors (Lipinski definition) is 3. The smallest absolute Gasteiger partial charge is 0.319 e. The number of nitrogens with one attached hydrogen (secondary N) is 3. The van der Waals surface area contributed by atoms with Crippen LogP contribution in [0.2, 0.25) is 0 Å². The number of likely N-dealkylation sites (tertiary alicyclic amines) is 1. The summed E-state index contributed by atoms with van der Waals surface area (Å²) in [4.78, 5) is 35.1. The number of hydrogen-bond acceptors (Lipinski definition) is 6. The number of nitrogens with zero attached hydrogens (tertiary/aromatic N) is 4. The van der Waals surface area contributed by atoms with Crippen LogP contribution >= 0.6 is 0 Å². The van der Waals surface area contributed by atoms with Gasteiger partial charge in [-0.1, -0.05) is 6.42 Å². The third kappa shape index (κ3) is 5.76. The number of amides is 2. The second kappa shape index (κ2) is 10.00. The summed E-state index contributed by atoms with van der Waals surface area (Å²) in [7, 11) is 0. The highest BCUT2D eigenvalue weighted by Crippen LogP contribution is 2.28. The molecule has 1 saturated heterocycles. The predicted octanol–water partition coefficient (Wildman–Crippen LogP) is 3.71. The Balaban J connectivity index is 1.41. The van der Waals surface area contributed by atoms with E-state index in [1.807, 2.05) is 0 Å². The molecule has 0 aliphatic carbocycles. The molecule has 2 amide bonds. The van der Waals surface area contributed by atoms with Crippen molar-refractivity contribution in [1.29, 1.82) is 0 Å². The highest BCUT2D eigenvalue weighted by molar-refractivity contribution is 6.11. The van der Waals surface area contributed by atoms with E-state index in [0.717, 1.165) is 49.8 Å². The molecule has 1 aliphatic heterocycles. The summed E-state index contributed by atoms with van der Waals surface area (Å²) in [5, 5.41) is 11.4. The molecule has 9 nitrogen and oxygen atoms in total. The molecule has 0 bridgehead atoms. The number of alkyl halides is 3. The van der Waals surface area contributed by atoms with E-state index in [1.165, 1.54) is 18.8 Å². The molecule has 3 N–H and O–H groups in total. The summed E-state index contributed by atoms with van der Waals surface area (Å²) < 4.78 is 38.0. The SMILES string of the molecule is O=C(Nc1c[nH]nc1C(=O)Nc1ccc(C(F)(F)F)nc1)c1cncc(CN2CCCCC2)c1. The van der Waals surface area contributed by atoms with Crippen molar-refractivity contribution in [3.63, 3.8) is 0 Å². The third-order valence-electron chi connectivity index (χ3n) is 5.33. The van der Waals surface area contributed by atoms with E-state index >= 15 is 0 Å². The molecule has 3 aromatic heterocycles. The average Bonchev–Trinajstić information content (AvgIpc) is 3.28. The van der Waals surface area contributed by atoms with E-state index in [9.17, 15) is 22.8 Å². The first-order valence-electron chi connectivity index (χ1n) is 10.7. The van der Waals surface area contributed by atoms with Crippen LogP contribution in [0.1, 0.15) is 51.4 Å². The van der Waals surface area contributed by atoms with Gasteiger partial charge in [0.05, 0.1) is 23.1 Å². The average molecular weight is 473 g/mol. The van der Waals surface area contributed by atoms with Crippen LogP contribution in [0.15, 0.2) is 43.0 Å². The number of piperidine rings is 1. The number of halogens is 3. The van der Waals surface area contributed by atoms with Crippen LogP contribution in [0, 0.1) is 0 Å². The molecule has 3 aromatic rings. The lowest BCUT2D eigenvalue weighted by atomic mass is 10.1. The van der Waals surface area contributed by atoms with Crippen molar-refractivity contribution in [1.82, 2.24) is 25.1 Å². The Labute approximate surface area is 192 Å². The van der Waals surface area contributed by atoms with Crippen LogP contribution < -0.4 is 10.6 Å². The third-order valence-corrected chi connectivity index (χ3v) is 5.33. The fourth-order valence-electron chi connectivity index (χ4n) is 3.65. The Bertz CT molecular complexity index is 1160. The fourth-order valence-corrected chi connectivity index (χ4v) is 3.65. The molecule has 0 spiro atoms. The van der Waals surface area contributed by atoms with Crippen LogP contribution in [-0.4, -0.2) is 50.0 Å². The Morgan fingerprint density at radius 2 is 1.82 bits per heavy atom. The molecular weight excluding hydrogens is 451 g/mol. The zero-order valence-electron chi connectivity index (χ0n) is 18.0. The van der Waals surface area contributed by atoms with Gasteiger partial charge in [-0.25, -0.2) is 4.98 Å². The Morgan fingerprint density at radius 3 is 2.53 bits per heavy atom. The van der Waals surface area contributed by atoms with Crippen LogP contribution in [0.5, 0.6) is 0 Å². The molecule has 0 aromatic carbocycles. The second-order valence-electron chi connectivity index (χ2n) is 7.90. The second-order valence-corrected chi connectivity index (χ2v) is 7.90. The standard InChI is InChI=1S/C22H22F3N7O2/c23-22(24,25)18-5-4-16(11-27-18)29-21(34)19-17(12-28-31-19)30-20(33)15-8-14(9-26-10-15)13-32-6-2-1-3-7-32/h4-5,8-12H,1-3,6-7,13H2,(H,28,31)(H,29,34)(H,30,33). The summed E-state index contributed by atoms with van der Waals surface area (Å²) in [5.74, 6) is -1.20. The predicted molar refractivity (Wildman–Crippen MR) is 117 cm³/mol. The summed E-state index contributed by atoms with van der Waals surface area (Å²) in [6.45, 7) is 2.73. The molecule has 1 aliphatic rings. The van der Waals surface area contributed by atoms with Gasteiger partial charge >= 0.3 is 6.18 Å². The maximum absolute atomic E-state index is 12.8. The number of rotatable bonds is 6. The molecule has 4 rings (SSSR count). The minimum Gasteiger partial charge on any atom is -0.319 e. The normalized spacial score (nSPS) is 14.6. The number of aromatic amines is 1. The quantitative estimate of drug-likeness (QED) is 0.503. The zero-order valence-corrected chi connectivity index (χ0v) is 18.0. The topological polar surface area (TPSA) is 116 Å². The first-order chi connectivity index (χ1) is 16.3. The van der Waals surface area contributed by atoms with Crippen LogP contribution in [-0.2, 0) is 12.7 Å². The van der Waals surface area contributed by atoms with Crippen molar-refractivity contribution in [2.45, 2.75) is 32.0 Å². The Morgan fingerprint density at radius 1 is 1.03 bits per heavy atom. The van der Waals surface area contributed by atoms with E-state index in [0.29, 0.717) is 12.1 Å². The lowest BCUT2D eigenvalue weighted by Crippen LogP contribution is -2.29. The van der Waals surface area contributed by atoms with Gasteiger partial charge in [-0.3, -0.25) is 24.6 Å². The molecule has 34 heavy (non-hydrogen) atoms. The molecule has 0 atom stereocenters. The summed E-state index contributed by atoms with van der Waals surface area (Å²) in [6, 6.07) is 3.59. The van der Waals surface area contributed by atoms with Crippen molar-refractivity contribution in [3.8, 4) is 0 Å². The van der Waals surface area contributed by atoms with Crippen LogP contribution in [0.3, 0.4) is 0 Å². The minimum absolute atomic E-state index is 0.0490.